The smallest absolute Gasteiger partial charge is 0.0850 e. The Balaban J connectivity index is 1.90. The van der Waals surface area contributed by atoms with Gasteiger partial charge in [-0.2, -0.15) is 0 Å². The van der Waals surface area contributed by atoms with Crippen molar-refractivity contribution >= 4 is 11.3 Å². The van der Waals surface area contributed by atoms with E-state index in [-0.39, 0.29) is 12.1 Å². The van der Waals surface area contributed by atoms with Gasteiger partial charge in [0, 0.05) is 35.4 Å². The maximum absolute atomic E-state index is 5.88. The molecule has 2 atom stereocenters. The van der Waals surface area contributed by atoms with Crippen molar-refractivity contribution in [1.82, 2.24) is 4.90 Å². The van der Waals surface area contributed by atoms with Gasteiger partial charge in [-0.15, -0.1) is 11.3 Å². The lowest BCUT2D eigenvalue weighted by Crippen LogP contribution is -2.49. The van der Waals surface area contributed by atoms with Crippen molar-refractivity contribution in [3.63, 3.8) is 0 Å². The van der Waals surface area contributed by atoms with Crippen molar-refractivity contribution in [3.05, 3.63) is 21.9 Å². The Labute approximate surface area is 101 Å². The summed E-state index contributed by atoms with van der Waals surface area (Å²) < 4.78 is 5.65. The first kappa shape index (κ1) is 12.0. The first-order chi connectivity index (χ1) is 7.65. The van der Waals surface area contributed by atoms with Gasteiger partial charge in [0.05, 0.1) is 12.7 Å². The minimum Gasteiger partial charge on any atom is -0.374 e. The summed E-state index contributed by atoms with van der Waals surface area (Å²) >= 11 is 1.88. The molecule has 1 aromatic rings. The molecule has 0 radical (unpaired) electrons. The molecule has 2 unspecified atom stereocenters. The topological polar surface area (TPSA) is 38.5 Å². The lowest BCUT2D eigenvalue weighted by molar-refractivity contribution is -0.0400. The molecule has 2 N–H and O–H groups in total. The van der Waals surface area contributed by atoms with Gasteiger partial charge in [0.25, 0.3) is 0 Å². The fourth-order valence-electron chi connectivity index (χ4n) is 1.98. The van der Waals surface area contributed by atoms with Crippen LogP contribution in [-0.4, -0.2) is 36.7 Å². The van der Waals surface area contributed by atoms with Crippen molar-refractivity contribution < 1.29 is 4.74 Å². The van der Waals surface area contributed by atoms with E-state index in [9.17, 15) is 0 Å². The van der Waals surface area contributed by atoms with Crippen LogP contribution in [0, 0.1) is 6.92 Å². The number of ether oxygens (including phenoxy) is 1. The van der Waals surface area contributed by atoms with E-state index in [0.29, 0.717) is 0 Å². The molecule has 0 aliphatic carbocycles. The zero-order valence-electron chi connectivity index (χ0n) is 9.98. The summed E-state index contributed by atoms with van der Waals surface area (Å²) in [7, 11) is 0. The van der Waals surface area contributed by atoms with Gasteiger partial charge in [-0.25, -0.2) is 0 Å². The zero-order chi connectivity index (χ0) is 11.5. The van der Waals surface area contributed by atoms with Gasteiger partial charge in [0.15, 0.2) is 0 Å². The summed E-state index contributed by atoms with van der Waals surface area (Å²) in [6, 6.07) is 4.52. The van der Waals surface area contributed by atoms with E-state index >= 15 is 0 Å². The molecule has 1 aliphatic rings. The summed E-state index contributed by atoms with van der Waals surface area (Å²) in [4.78, 5) is 5.25. The molecule has 0 aromatic carbocycles. The van der Waals surface area contributed by atoms with Gasteiger partial charge in [-0.1, -0.05) is 0 Å². The van der Waals surface area contributed by atoms with E-state index in [1.54, 1.807) is 0 Å². The standard InChI is InChI=1S/C12H20N2OS/c1-9-3-4-11(16-9)7-14-5-6-15-12(8-14)10(2)13/h3-4,10,12H,5-8,13H2,1-2H3. The third-order valence-corrected chi connectivity index (χ3v) is 3.92. The van der Waals surface area contributed by atoms with Crippen LogP contribution in [0.3, 0.4) is 0 Å². The van der Waals surface area contributed by atoms with Crippen molar-refractivity contribution in [2.24, 2.45) is 5.73 Å². The highest BCUT2D eigenvalue weighted by Crippen LogP contribution is 2.18. The van der Waals surface area contributed by atoms with E-state index in [2.05, 4.69) is 24.0 Å². The number of nitrogens with zero attached hydrogens (tertiary/aromatic N) is 1. The minimum atomic E-state index is 0.118. The van der Waals surface area contributed by atoms with E-state index in [1.807, 2.05) is 18.3 Å². The number of hydrogen-bond donors (Lipinski definition) is 1. The zero-order valence-corrected chi connectivity index (χ0v) is 10.8. The van der Waals surface area contributed by atoms with E-state index < -0.39 is 0 Å². The highest BCUT2D eigenvalue weighted by molar-refractivity contribution is 7.11. The normalized spacial score (nSPS) is 24.6. The first-order valence-corrected chi connectivity index (χ1v) is 6.61. The monoisotopic (exact) mass is 240 g/mol. The molecule has 16 heavy (non-hydrogen) atoms. The molecule has 0 saturated carbocycles. The fraction of sp³-hybridized carbons (Fsp3) is 0.667. The number of thiophene rings is 1. The number of morpholine rings is 1. The Morgan fingerprint density at radius 1 is 1.62 bits per heavy atom. The Bertz CT molecular complexity index is 338. The van der Waals surface area contributed by atoms with E-state index in [0.717, 1.165) is 26.2 Å². The molecule has 1 fully saturated rings. The van der Waals surface area contributed by atoms with Gasteiger partial charge in [0.1, 0.15) is 0 Å². The number of nitrogens with two attached hydrogens (primary N) is 1. The molecule has 2 heterocycles. The highest BCUT2D eigenvalue weighted by Gasteiger charge is 2.23. The van der Waals surface area contributed by atoms with Crippen LogP contribution in [0.4, 0.5) is 0 Å². The SMILES string of the molecule is Cc1ccc(CN2CCOC(C(C)N)C2)s1. The summed E-state index contributed by atoms with van der Waals surface area (Å²) in [6.45, 7) is 7.97. The van der Waals surface area contributed by atoms with Crippen LogP contribution in [0.15, 0.2) is 12.1 Å². The number of aryl methyl sites for hydroxylation is 1. The van der Waals surface area contributed by atoms with Gasteiger partial charge in [0.2, 0.25) is 0 Å². The second-order valence-electron chi connectivity index (χ2n) is 4.52. The molecular weight excluding hydrogens is 220 g/mol. The number of hydrogen-bond acceptors (Lipinski definition) is 4. The maximum atomic E-state index is 5.88. The second kappa shape index (κ2) is 5.27. The third-order valence-electron chi connectivity index (χ3n) is 2.94. The molecule has 1 aliphatic heterocycles. The summed E-state index contributed by atoms with van der Waals surface area (Å²) in [5, 5.41) is 0. The molecular formula is C12H20N2OS. The molecule has 3 nitrogen and oxygen atoms in total. The van der Waals surface area contributed by atoms with Crippen LogP contribution in [0.25, 0.3) is 0 Å². The van der Waals surface area contributed by atoms with Crippen LogP contribution >= 0.6 is 11.3 Å². The molecule has 0 spiro atoms. The lowest BCUT2D eigenvalue weighted by atomic mass is 10.1. The molecule has 2 rings (SSSR count). The Hall–Kier alpha value is -0.420. The quantitative estimate of drug-likeness (QED) is 0.872. The molecule has 0 bridgehead atoms. The van der Waals surface area contributed by atoms with Crippen LogP contribution < -0.4 is 5.73 Å². The largest absolute Gasteiger partial charge is 0.374 e. The molecule has 0 amide bonds. The molecule has 1 aromatic heterocycles. The van der Waals surface area contributed by atoms with E-state index in [4.69, 9.17) is 10.5 Å². The van der Waals surface area contributed by atoms with Gasteiger partial charge < -0.3 is 10.5 Å². The second-order valence-corrected chi connectivity index (χ2v) is 5.89. The first-order valence-electron chi connectivity index (χ1n) is 5.80. The summed E-state index contributed by atoms with van der Waals surface area (Å²) in [6.07, 6.45) is 0.190. The lowest BCUT2D eigenvalue weighted by Gasteiger charge is -2.34. The van der Waals surface area contributed by atoms with Gasteiger partial charge >= 0.3 is 0 Å². The Morgan fingerprint density at radius 3 is 3.06 bits per heavy atom. The van der Waals surface area contributed by atoms with Crippen LogP contribution in [0.2, 0.25) is 0 Å². The van der Waals surface area contributed by atoms with Crippen LogP contribution in [-0.2, 0) is 11.3 Å². The van der Waals surface area contributed by atoms with Crippen LogP contribution in [0.5, 0.6) is 0 Å². The maximum Gasteiger partial charge on any atom is 0.0850 e. The van der Waals surface area contributed by atoms with E-state index in [1.165, 1.54) is 9.75 Å². The Kier molecular flexibility index (Phi) is 3.97. The highest BCUT2D eigenvalue weighted by atomic mass is 32.1. The predicted molar refractivity (Wildman–Crippen MR) is 67.7 cm³/mol. The Morgan fingerprint density at radius 2 is 2.44 bits per heavy atom. The minimum absolute atomic E-state index is 0.118. The van der Waals surface area contributed by atoms with Crippen molar-refractivity contribution in [3.8, 4) is 0 Å². The average Bonchev–Trinajstić information content (AvgIpc) is 2.64. The van der Waals surface area contributed by atoms with Crippen molar-refractivity contribution in [2.75, 3.05) is 19.7 Å². The number of rotatable bonds is 3. The van der Waals surface area contributed by atoms with Crippen molar-refractivity contribution in [1.29, 1.82) is 0 Å². The van der Waals surface area contributed by atoms with Crippen molar-refractivity contribution in [2.45, 2.75) is 32.5 Å². The predicted octanol–water partition coefficient (Wildman–Crippen LogP) is 1.60. The average molecular weight is 240 g/mol. The molecule has 90 valence electrons. The van der Waals surface area contributed by atoms with Gasteiger partial charge in [-0.3, -0.25) is 4.90 Å². The molecule has 1 saturated heterocycles. The summed E-state index contributed by atoms with van der Waals surface area (Å²) in [5.74, 6) is 0. The fourth-order valence-corrected chi connectivity index (χ4v) is 2.92. The van der Waals surface area contributed by atoms with Crippen LogP contribution in [0.1, 0.15) is 16.7 Å². The third kappa shape index (κ3) is 3.04. The van der Waals surface area contributed by atoms with Gasteiger partial charge in [-0.05, 0) is 26.0 Å². The molecule has 4 heteroatoms. The summed E-state index contributed by atoms with van der Waals surface area (Å²) in [5.41, 5.74) is 5.88.